The Balaban J connectivity index is 1.79. The Morgan fingerprint density at radius 3 is 2.41 bits per heavy atom. The van der Waals surface area contributed by atoms with E-state index in [1.54, 1.807) is 30.3 Å². The lowest BCUT2D eigenvalue weighted by Crippen LogP contribution is -2.14. The minimum absolute atomic E-state index is 0.146. The average Bonchev–Trinajstić information content (AvgIpc) is 2.69. The zero-order valence-electron chi connectivity index (χ0n) is 14.0. The number of hydrogen-bond donors (Lipinski definition) is 1. The molecule has 0 saturated carbocycles. The van der Waals surface area contributed by atoms with Gasteiger partial charge in [-0.2, -0.15) is 0 Å². The number of amides is 1. The Hall–Kier alpha value is -3.31. The smallest absolute Gasteiger partial charge is 0.258 e. The molecule has 0 saturated heterocycles. The average molecular weight is 378 g/mol. The van der Waals surface area contributed by atoms with Crippen molar-refractivity contribution >= 4 is 34.4 Å². The van der Waals surface area contributed by atoms with Crippen molar-refractivity contribution in [3.63, 3.8) is 0 Å². The second kappa shape index (κ2) is 7.13. The van der Waals surface area contributed by atoms with Crippen LogP contribution in [-0.2, 0) is 0 Å². The van der Waals surface area contributed by atoms with Gasteiger partial charge in [0.1, 0.15) is 5.82 Å². The minimum Gasteiger partial charge on any atom is -0.290 e. The summed E-state index contributed by atoms with van der Waals surface area (Å²) in [5, 5.41) is 3.81. The molecule has 0 aliphatic carbocycles. The van der Waals surface area contributed by atoms with E-state index < -0.39 is 0 Å². The summed E-state index contributed by atoms with van der Waals surface area (Å²) in [6.45, 7) is 0. The predicted octanol–water partition coefficient (Wildman–Crippen LogP) is 5.34. The van der Waals surface area contributed by atoms with Gasteiger partial charge in [0.05, 0.1) is 11.2 Å². The van der Waals surface area contributed by atoms with Crippen LogP contribution in [0.3, 0.4) is 0 Å². The zero-order chi connectivity index (χ0) is 18.8. The third kappa shape index (κ3) is 3.64. The van der Waals surface area contributed by atoms with E-state index >= 15 is 0 Å². The molecule has 132 valence electrons. The molecule has 0 bridgehead atoms. The van der Waals surface area contributed by atoms with Gasteiger partial charge in [0.2, 0.25) is 5.95 Å². The fourth-order valence-corrected chi connectivity index (χ4v) is 2.87. The number of hydrogen-bond acceptors (Lipinski definition) is 3. The van der Waals surface area contributed by atoms with Gasteiger partial charge in [0.25, 0.3) is 5.91 Å². The lowest BCUT2D eigenvalue weighted by molar-refractivity contribution is 0.102. The number of nitrogens with one attached hydrogen (secondary N) is 1. The molecule has 0 fully saturated rings. The molecule has 0 aliphatic heterocycles. The van der Waals surface area contributed by atoms with Crippen LogP contribution in [-0.4, -0.2) is 15.9 Å². The van der Waals surface area contributed by atoms with E-state index in [4.69, 9.17) is 11.6 Å². The first-order valence-electron chi connectivity index (χ1n) is 8.20. The van der Waals surface area contributed by atoms with Crippen molar-refractivity contribution < 1.29 is 9.18 Å². The molecule has 0 atom stereocenters. The monoisotopic (exact) mass is 377 g/mol. The summed E-state index contributed by atoms with van der Waals surface area (Å²) in [7, 11) is 0. The number of halogens is 2. The SMILES string of the molecule is O=C(Nc1nc(-c2ccccc2)c2cc(F)ccc2n1)c1ccc(Cl)cc1. The van der Waals surface area contributed by atoms with Crippen molar-refractivity contribution in [1.29, 1.82) is 0 Å². The van der Waals surface area contributed by atoms with Gasteiger partial charge in [-0.15, -0.1) is 0 Å². The zero-order valence-corrected chi connectivity index (χ0v) is 14.7. The molecule has 3 aromatic carbocycles. The van der Waals surface area contributed by atoms with Gasteiger partial charge in [0.15, 0.2) is 0 Å². The van der Waals surface area contributed by atoms with Crippen LogP contribution in [0.4, 0.5) is 10.3 Å². The number of aromatic nitrogens is 2. The molecular weight excluding hydrogens is 365 g/mol. The highest BCUT2D eigenvalue weighted by Gasteiger charge is 2.13. The highest BCUT2D eigenvalue weighted by atomic mass is 35.5. The van der Waals surface area contributed by atoms with Gasteiger partial charge in [-0.3, -0.25) is 10.1 Å². The highest BCUT2D eigenvalue weighted by molar-refractivity contribution is 6.30. The maximum Gasteiger partial charge on any atom is 0.258 e. The molecule has 27 heavy (non-hydrogen) atoms. The van der Waals surface area contributed by atoms with Gasteiger partial charge in [-0.1, -0.05) is 41.9 Å². The summed E-state index contributed by atoms with van der Waals surface area (Å²) in [6.07, 6.45) is 0. The normalized spacial score (nSPS) is 10.7. The van der Waals surface area contributed by atoms with Crippen LogP contribution in [0.15, 0.2) is 72.8 Å². The Morgan fingerprint density at radius 2 is 1.67 bits per heavy atom. The lowest BCUT2D eigenvalue weighted by atomic mass is 10.1. The number of anilines is 1. The first-order chi connectivity index (χ1) is 13.1. The van der Waals surface area contributed by atoms with Crippen LogP contribution < -0.4 is 5.32 Å². The lowest BCUT2D eigenvalue weighted by Gasteiger charge is -2.10. The number of carbonyl (C=O) groups excluding carboxylic acids is 1. The summed E-state index contributed by atoms with van der Waals surface area (Å²) >= 11 is 5.86. The Bertz CT molecular complexity index is 1130. The van der Waals surface area contributed by atoms with Crippen molar-refractivity contribution in [2.45, 2.75) is 0 Å². The highest BCUT2D eigenvalue weighted by Crippen LogP contribution is 2.28. The number of rotatable bonds is 3. The van der Waals surface area contributed by atoms with Gasteiger partial charge in [-0.25, -0.2) is 14.4 Å². The maximum absolute atomic E-state index is 13.8. The predicted molar refractivity (Wildman–Crippen MR) is 104 cm³/mol. The quantitative estimate of drug-likeness (QED) is 0.524. The number of carbonyl (C=O) groups is 1. The molecule has 1 aromatic heterocycles. The standard InChI is InChI=1S/C21H13ClFN3O/c22-15-8-6-14(7-9-15)20(27)26-21-24-18-11-10-16(23)12-17(18)19(25-21)13-4-2-1-3-5-13/h1-12H,(H,24,25,26,27). The molecule has 6 heteroatoms. The number of nitrogens with zero attached hydrogens (tertiary/aromatic N) is 2. The third-order valence-corrected chi connectivity index (χ3v) is 4.29. The summed E-state index contributed by atoms with van der Waals surface area (Å²) in [5.74, 6) is -0.582. The van der Waals surface area contributed by atoms with E-state index in [-0.39, 0.29) is 17.7 Å². The first-order valence-corrected chi connectivity index (χ1v) is 8.57. The van der Waals surface area contributed by atoms with Crippen LogP contribution in [0.1, 0.15) is 10.4 Å². The fourth-order valence-electron chi connectivity index (χ4n) is 2.75. The maximum atomic E-state index is 13.8. The van der Waals surface area contributed by atoms with Gasteiger partial charge < -0.3 is 0 Å². The molecule has 1 amide bonds. The van der Waals surface area contributed by atoms with Gasteiger partial charge >= 0.3 is 0 Å². The van der Waals surface area contributed by atoms with E-state index in [1.807, 2.05) is 30.3 Å². The summed E-state index contributed by atoms with van der Waals surface area (Å²) in [5.41, 5.74) is 2.32. The van der Waals surface area contributed by atoms with Crippen LogP contribution in [0, 0.1) is 5.82 Å². The van der Waals surface area contributed by atoms with Crippen LogP contribution >= 0.6 is 11.6 Å². The second-order valence-electron chi connectivity index (χ2n) is 5.88. The third-order valence-electron chi connectivity index (χ3n) is 4.04. The minimum atomic E-state index is -0.374. The molecule has 0 spiro atoms. The number of benzene rings is 3. The van der Waals surface area contributed by atoms with Crippen molar-refractivity contribution in [3.05, 3.63) is 89.2 Å². The Morgan fingerprint density at radius 1 is 0.926 bits per heavy atom. The molecular formula is C21H13ClFN3O. The van der Waals surface area contributed by atoms with Crippen LogP contribution in [0.2, 0.25) is 5.02 Å². The van der Waals surface area contributed by atoms with Gasteiger partial charge in [-0.05, 0) is 42.5 Å². The topological polar surface area (TPSA) is 54.9 Å². The van der Waals surface area contributed by atoms with Crippen molar-refractivity contribution in [2.75, 3.05) is 5.32 Å². The van der Waals surface area contributed by atoms with E-state index in [9.17, 15) is 9.18 Å². The van der Waals surface area contributed by atoms with Crippen molar-refractivity contribution in [3.8, 4) is 11.3 Å². The number of fused-ring (bicyclic) bond motifs is 1. The summed E-state index contributed by atoms with van der Waals surface area (Å²) in [4.78, 5) is 21.3. The Labute approximate surface area is 159 Å². The molecule has 4 nitrogen and oxygen atoms in total. The molecule has 4 rings (SSSR count). The van der Waals surface area contributed by atoms with Crippen molar-refractivity contribution in [2.24, 2.45) is 0 Å². The molecule has 1 heterocycles. The molecule has 4 aromatic rings. The molecule has 0 radical (unpaired) electrons. The molecule has 0 unspecified atom stereocenters. The summed E-state index contributed by atoms with van der Waals surface area (Å²) in [6, 6.07) is 20.2. The van der Waals surface area contributed by atoms with E-state index in [2.05, 4.69) is 15.3 Å². The fraction of sp³-hybridized carbons (Fsp3) is 0. The van der Waals surface area contributed by atoms with Crippen LogP contribution in [0.5, 0.6) is 0 Å². The van der Waals surface area contributed by atoms with Gasteiger partial charge in [0, 0.05) is 21.5 Å². The van der Waals surface area contributed by atoms with E-state index in [1.165, 1.54) is 12.1 Å². The van der Waals surface area contributed by atoms with E-state index in [0.29, 0.717) is 27.2 Å². The second-order valence-corrected chi connectivity index (χ2v) is 6.32. The van der Waals surface area contributed by atoms with Crippen molar-refractivity contribution in [1.82, 2.24) is 9.97 Å². The first kappa shape index (κ1) is 17.1. The van der Waals surface area contributed by atoms with E-state index in [0.717, 1.165) is 5.56 Å². The molecule has 0 aliphatic rings. The molecule has 1 N–H and O–H groups in total. The summed E-state index contributed by atoms with van der Waals surface area (Å²) < 4.78 is 13.8. The Kier molecular flexibility index (Phi) is 4.52. The van der Waals surface area contributed by atoms with Crippen LogP contribution in [0.25, 0.3) is 22.2 Å². The largest absolute Gasteiger partial charge is 0.290 e.